The quantitative estimate of drug-likeness (QED) is 0.479. The molecule has 0 amide bonds. The number of aldehydes is 1. The molecule has 0 spiro atoms. The van der Waals surface area contributed by atoms with Crippen LogP contribution in [0.5, 0.6) is 0 Å². The van der Waals surface area contributed by atoms with Crippen molar-refractivity contribution in [3.05, 3.63) is 12.4 Å². The van der Waals surface area contributed by atoms with Crippen LogP contribution in [0.3, 0.4) is 0 Å². The Bertz CT molecular complexity index is 725. The molecule has 0 fully saturated rings. The van der Waals surface area contributed by atoms with E-state index in [1.165, 1.54) is 15.8 Å². The topological polar surface area (TPSA) is 96.7 Å². The van der Waals surface area contributed by atoms with Gasteiger partial charge in [-0.1, -0.05) is 12.8 Å². The molecule has 0 radical (unpaired) electrons. The monoisotopic (exact) mass is 359 g/mol. The van der Waals surface area contributed by atoms with Crippen LogP contribution in [0.15, 0.2) is 12.4 Å². The highest BCUT2D eigenvalue weighted by Crippen LogP contribution is 2.14. The first-order chi connectivity index (χ1) is 11.0. The summed E-state index contributed by atoms with van der Waals surface area (Å²) >= 11 is 1.35. The molecule has 1 N–H and O–H groups in total. The minimum Gasteiger partial charge on any atom is -0.355 e. The maximum atomic E-state index is 11.4. The van der Waals surface area contributed by atoms with Gasteiger partial charge in [-0.2, -0.15) is 8.68 Å². The molecule has 0 saturated carbocycles. The summed E-state index contributed by atoms with van der Waals surface area (Å²) in [4.78, 5) is 15.5. The number of hydrogen-bond acceptors (Lipinski definition) is 7. The third-order valence-corrected chi connectivity index (χ3v) is 5.41. The predicted octanol–water partition coefficient (Wildman–Crippen LogP) is 1.22. The molecule has 2 aromatic rings. The lowest BCUT2D eigenvalue weighted by Crippen LogP contribution is -2.32. The number of anilines is 1. The van der Waals surface area contributed by atoms with Crippen molar-refractivity contribution in [1.29, 1.82) is 0 Å². The summed E-state index contributed by atoms with van der Waals surface area (Å²) in [5.41, 5.74) is 0. The first-order valence-corrected chi connectivity index (χ1v) is 10.1. The van der Waals surface area contributed by atoms with Gasteiger partial charge in [-0.3, -0.25) is 4.40 Å². The standard InChI is InChI=1S/C13H21N5O3S2/c1-23(20,21)17(10-11-19)8-5-3-2-4-6-14-12-16-22-13-15-7-9-18(12)13/h7,9,11H,2-6,8,10H2,1H3,(H,14,16). The van der Waals surface area contributed by atoms with Crippen molar-refractivity contribution in [2.24, 2.45) is 0 Å². The maximum Gasteiger partial charge on any atom is 0.220 e. The molecule has 0 aromatic carbocycles. The summed E-state index contributed by atoms with van der Waals surface area (Å²) < 4.78 is 30.3. The van der Waals surface area contributed by atoms with E-state index in [9.17, 15) is 13.2 Å². The van der Waals surface area contributed by atoms with Crippen LogP contribution < -0.4 is 5.32 Å². The van der Waals surface area contributed by atoms with Crippen LogP contribution in [0.4, 0.5) is 5.95 Å². The van der Waals surface area contributed by atoms with Gasteiger partial charge >= 0.3 is 0 Å². The molecule has 0 bridgehead atoms. The minimum atomic E-state index is -3.30. The fraction of sp³-hybridized carbons (Fsp3) is 0.615. The van der Waals surface area contributed by atoms with E-state index in [-0.39, 0.29) is 6.54 Å². The zero-order chi connectivity index (χ0) is 16.7. The van der Waals surface area contributed by atoms with Crippen LogP contribution in [0.1, 0.15) is 25.7 Å². The number of carbonyl (C=O) groups excluding carboxylic acids is 1. The Morgan fingerprint density at radius 1 is 1.35 bits per heavy atom. The van der Waals surface area contributed by atoms with Crippen LogP contribution in [0.25, 0.3) is 4.96 Å². The summed E-state index contributed by atoms with van der Waals surface area (Å²) in [6, 6.07) is 0. The van der Waals surface area contributed by atoms with Gasteiger partial charge in [0, 0.05) is 37.0 Å². The second-order valence-corrected chi connectivity index (χ2v) is 7.93. The molecule has 8 nitrogen and oxygen atoms in total. The number of sulfonamides is 1. The summed E-state index contributed by atoms with van der Waals surface area (Å²) in [6.45, 7) is 1.14. The van der Waals surface area contributed by atoms with Crippen LogP contribution in [0.2, 0.25) is 0 Å². The molecule has 0 atom stereocenters. The molecule has 2 heterocycles. The van der Waals surface area contributed by atoms with E-state index in [0.717, 1.165) is 49.4 Å². The van der Waals surface area contributed by atoms with Gasteiger partial charge in [-0.05, 0) is 12.8 Å². The number of carbonyl (C=O) groups is 1. The highest BCUT2D eigenvalue weighted by atomic mass is 32.2. The maximum absolute atomic E-state index is 11.4. The second kappa shape index (κ2) is 8.37. The third kappa shape index (κ3) is 5.26. The molecule has 0 aliphatic heterocycles. The molecule has 2 aromatic heterocycles. The van der Waals surface area contributed by atoms with E-state index >= 15 is 0 Å². The number of hydrogen-bond donors (Lipinski definition) is 1. The lowest BCUT2D eigenvalue weighted by Gasteiger charge is -2.16. The van der Waals surface area contributed by atoms with E-state index < -0.39 is 10.0 Å². The fourth-order valence-corrected chi connectivity index (χ4v) is 3.66. The van der Waals surface area contributed by atoms with Crippen LogP contribution in [-0.4, -0.2) is 58.7 Å². The lowest BCUT2D eigenvalue weighted by molar-refractivity contribution is -0.108. The Morgan fingerprint density at radius 2 is 2.13 bits per heavy atom. The van der Waals surface area contributed by atoms with Crippen molar-refractivity contribution in [3.8, 4) is 0 Å². The Morgan fingerprint density at radius 3 is 2.87 bits per heavy atom. The number of imidazole rings is 1. The first-order valence-electron chi connectivity index (χ1n) is 7.43. The van der Waals surface area contributed by atoms with Gasteiger partial charge in [0.05, 0.1) is 12.8 Å². The SMILES string of the molecule is CS(=O)(=O)N(CC=O)CCCCCCNc1nsc2nccn12. The number of nitrogens with one attached hydrogen (secondary N) is 1. The number of aromatic nitrogens is 3. The van der Waals surface area contributed by atoms with Gasteiger partial charge in [-0.15, -0.1) is 0 Å². The molecule has 2 rings (SSSR count). The Balaban J connectivity index is 1.61. The highest BCUT2D eigenvalue weighted by molar-refractivity contribution is 7.88. The summed E-state index contributed by atoms with van der Waals surface area (Å²) in [5, 5.41) is 3.27. The van der Waals surface area contributed by atoms with Crippen molar-refractivity contribution in [2.75, 3.05) is 31.2 Å². The summed E-state index contributed by atoms with van der Waals surface area (Å²) in [5.74, 6) is 0.803. The molecule has 0 aliphatic carbocycles. The van der Waals surface area contributed by atoms with Gasteiger partial charge in [0.25, 0.3) is 0 Å². The number of rotatable bonds is 11. The Labute approximate surface area is 139 Å². The van der Waals surface area contributed by atoms with Gasteiger partial charge in [0.2, 0.25) is 20.9 Å². The Kier molecular flexibility index (Phi) is 6.48. The third-order valence-electron chi connectivity index (χ3n) is 3.41. The predicted molar refractivity (Wildman–Crippen MR) is 90.3 cm³/mol. The Hall–Kier alpha value is -1.52. The average Bonchev–Trinajstić information content (AvgIpc) is 3.08. The van der Waals surface area contributed by atoms with E-state index in [1.54, 1.807) is 6.20 Å². The van der Waals surface area contributed by atoms with E-state index in [4.69, 9.17) is 0 Å². The smallest absolute Gasteiger partial charge is 0.220 e. The van der Waals surface area contributed by atoms with Crippen LogP contribution >= 0.6 is 11.5 Å². The van der Waals surface area contributed by atoms with Crippen molar-refractivity contribution < 1.29 is 13.2 Å². The number of fused-ring (bicyclic) bond motifs is 1. The van der Waals surface area contributed by atoms with Crippen molar-refractivity contribution >= 4 is 38.8 Å². The minimum absolute atomic E-state index is 0.0644. The highest BCUT2D eigenvalue weighted by Gasteiger charge is 2.14. The fourth-order valence-electron chi connectivity index (χ4n) is 2.21. The first kappa shape index (κ1) is 17.8. The molecule has 0 unspecified atom stereocenters. The molecule has 10 heteroatoms. The normalized spacial score (nSPS) is 12.1. The molecular formula is C13H21N5O3S2. The van der Waals surface area contributed by atoms with Crippen molar-refractivity contribution in [2.45, 2.75) is 25.7 Å². The summed E-state index contributed by atoms with van der Waals surface area (Å²) in [6.07, 6.45) is 9.00. The van der Waals surface area contributed by atoms with Crippen LogP contribution in [-0.2, 0) is 14.8 Å². The molecule has 0 saturated heterocycles. The zero-order valence-corrected chi connectivity index (χ0v) is 14.6. The van der Waals surface area contributed by atoms with Gasteiger partial charge in [0.1, 0.15) is 6.29 Å². The van der Waals surface area contributed by atoms with Crippen LogP contribution in [0, 0.1) is 0 Å². The average molecular weight is 359 g/mol. The largest absolute Gasteiger partial charge is 0.355 e. The van der Waals surface area contributed by atoms with Crippen molar-refractivity contribution in [3.63, 3.8) is 0 Å². The molecular weight excluding hydrogens is 338 g/mol. The van der Waals surface area contributed by atoms with Gasteiger partial charge < -0.3 is 10.1 Å². The van der Waals surface area contributed by atoms with Crippen molar-refractivity contribution in [1.82, 2.24) is 18.1 Å². The summed E-state index contributed by atoms with van der Waals surface area (Å²) in [7, 11) is -3.30. The van der Waals surface area contributed by atoms with E-state index in [0.29, 0.717) is 12.8 Å². The second-order valence-electron chi connectivity index (χ2n) is 5.21. The zero-order valence-electron chi connectivity index (χ0n) is 13.0. The number of nitrogens with zero attached hydrogens (tertiary/aromatic N) is 4. The number of unbranched alkanes of at least 4 members (excludes halogenated alkanes) is 3. The van der Waals surface area contributed by atoms with Gasteiger partial charge in [-0.25, -0.2) is 13.4 Å². The lowest BCUT2D eigenvalue weighted by atomic mass is 10.2. The molecule has 128 valence electrons. The molecule has 23 heavy (non-hydrogen) atoms. The molecule has 0 aliphatic rings. The van der Waals surface area contributed by atoms with Gasteiger partial charge in [0.15, 0.2) is 0 Å². The van der Waals surface area contributed by atoms with E-state index in [1.807, 2.05) is 10.6 Å². The van der Waals surface area contributed by atoms with E-state index in [2.05, 4.69) is 14.7 Å².